The van der Waals surface area contributed by atoms with Gasteiger partial charge < -0.3 is 15.4 Å². The average molecular weight is 636 g/mol. The minimum atomic E-state index is 0.373. The molecule has 270 valence electrons. The van der Waals surface area contributed by atoms with E-state index in [1.54, 1.807) is 7.11 Å². The van der Waals surface area contributed by atoms with Crippen molar-refractivity contribution in [3.05, 3.63) is 37.1 Å². The molecule has 4 atom stereocenters. The molecule has 2 N–H and O–H groups in total. The fourth-order valence-electron chi connectivity index (χ4n) is 6.14. The fourth-order valence-corrected chi connectivity index (χ4v) is 6.14. The van der Waals surface area contributed by atoms with E-state index in [1.807, 2.05) is 27.7 Å². The summed E-state index contributed by atoms with van der Waals surface area (Å²) >= 11 is 0. The monoisotopic (exact) mass is 636 g/mol. The maximum absolute atomic E-state index is 5.44. The predicted octanol–water partition coefficient (Wildman–Crippen LogP) is 11.6. The van der Waals surface area contributed by atoms with Crippen molar-refractivity contribution < 1.29 is 4.74 Å². The largest absolute Gasteiger partial charge is 0.391 e. The van der Waals surface area contributed by atoms with Crippen LogP contribution in [0.3, 0.4) is 0 Å². The molecule has 1 aliphatic carbocycles. The van der Waals surface area contributed by atoms with E-state index in [2.05, 4.69) is 94.2 Å². The molecule has 45 heavy (non-hydrogen) atoms. The molecule has 4 nitrogen and oxygen atoms in total. The van der Waals surface area contributed by atoms with E-state index >= 15 is 0 Å². The number of nitrogens with zero attached hydrogens (tertiary/aromatic N) is 1. The Morgan fingerprint density at radius 2 is 1.64 bits per heavy atom. The Hall–Kier alpha value is -1.10. The van der Waals surface area contributed by atoms with Crippen molar-refractivity contribution in [1.82, 2.24) is 15.5 Å². The zero-order valence-electron chi connectivity index (χ0n) is 32.8. The number of methoxy groups -OCH3 is 1. The predicted molar refractivity (Wildman–Crippen MR) is 207 cm³/mol. The Labute approximate surface area is 285 Å². The van der Waals surface area contributed by atoms with Gasteiger partial charge in [0.05, 0.1) is 6.10 Å². The standard InChI is InChI=1S/C24H45NO.C13H28N2.2C2H6/c1-6-10-16-24(9-4)17-11-12-22(13-18-24)21(7-2)14-19-25-20-15-23(8-3)26-5;1-4-7-9-10-14-11-13-15(6-3)12-8-5-2;2*1-2/h7,14,19,21-23,25H,2,6,8-13,15-18,20H2,1,3-5H3;5,8,14H,4,6-7,9-13H2,1-3H3;2*1-2H3/b19-14+;8-5-;;. The topological polar surface area (TPSA) is 36.5 Å². The highest BCUT2D eigenvalue weighted by Crippen LogP contribution is 2.45. The van der Waals surface area contributed by atoms with Crippen molar-refractivity contribution in [3.8, 4) is 0 Å². The van der Waals surface area contributed by atoms with E-state index in [0.29, 0.717) is 17.4 Å². The Kier molecular flexibility index (Phi) is 40.1. The van der Waals surface area contributed by atoms with Gasteiger partial charge in [-0.1, -0.05) is 125 Å². The molecule has 0 amide bonds. The molecule has 1 saturated carbocycles. The van der Waals surface area contributed by atoms with Crippen LogP contribution < -0.4 is 10.6 Å². The molecule has 4 unspecified atom stereocenters. The zero-order chi connectivity index (χ0) is 34.6. The Bertz CT molecular complexity index is 630. The summed E-state index contributed by atoms with van der Waals surface area (Å²) in [6.07, 6.45) is 30.0. The van der Waals surface area contributed by atoms with Crippen molar-refractivity contribution in [1.29, 1.82) is 0 Å². The molecule has 0 spiro atoms. The molecule has 0 aromatic carbocycles. The summed E-state index contributed by atoms with van der Waals surface area (Å²) < 4.78 is 5.44. The van der Waals surface area contributed by atoms with Crippen LogP contribution >= 0.6 is 0 Å². The van der Waals surface area contributed by atoms with E-state index in [-0.39, 0.29) is 0 Å². The Morgan fingerprint density at radius 1 is 0.933 bits per heavy atom. The maximum atomic E-state index is 5.44. The Balaban J connectivity index is -0.000000790. The maximum Gasteiger partial charge on any atom is 0.0585 e. The van der Waals surface area contributed by atoms with E-state index in [0.717, 1.165) is 51.5 Å². The normalized spacial score (nSPS) is 19.4. The van der Waals surface area contributed by atoms with Crippen LogP contribution in [0.15, 0.2) is 37.1 Å². The van der Waals surface area contributed by atoms with Gasteiger partial charge in [-0.25, -0.2) is 0 Å². The lowest BCUT2D eigenvalue weighted by molar-refractivity contribution is 0.0929. The highest BCUT2D eigenvalue weighted by Gasteiger charge is 2.32. The van der Waals surface area contributed by atoms with Crippen LogP contribution in [0.25, 0.3) is 0 Å². The summed E-state index contributed by atoms with van der Waals surface area (Å²) in [5.74, 6) is 1.27. The van der Waals surface area contributed by atoms with Crippen LogP contribution in [0.1, 0.15) is 159 Å². The number of hydrogen-bond donors (Lipinski definition) is 2. The molecule has 4 heteroatoms. The first-order valence-corrected chi connectivity index (χ1v) is 19.6. The van der Waals surface area contributed by atoms with Crippen LogP contribution in [-0.4, -0.2) is 57.4 Å². The smallest absolute Gasteiger partial charge is 0.0585 e. The van der Waals surface area contributed by atoms with Gasteiger partial charge in [0.2, 0.25) is 0 Å². The van der Waals surface area contributed by atoms with Crippen LogP contribution in [0.5, 0.6) is 0 Å². The van der Waals surface area contributed by atoms with Crippen molar-refractivity contribution in [3.63, 3.8) is 0 Å². The third kappa shape index (κ3) is 26.6. The fraction of sp³-hybridized carbons (Fsp3) is 0.854. The van der Waals surface area contributed by atoms with Gasteiger partial charge in [0.15, 0.2) is 0 Å². The lowest BCUT2D eigenvalue weighted by Gasteiger charge is -2.32. The molecule has 0 saturated heterocycles. The summed E-state index contributed by atoms with van der Waals surface area (Å²) in [7, 11) is 1.81. The van der Waals surface area contributed by atoms with Crippen molar-refractivity contribution >= 4 is 0 Å². The second-order valence-corrected chi connectivity index (χ2v) is 12.2. The van der Waals surface area contributed by atoms with Crippen LogP contribution in [0.2, 0.25) is 0 Å². The highest BCUT2D eigenvalue weighted by atomic mass is 16.5. The van der Waals surface area contributed by atoms with Crippen LogP contribution in [0.4, 0.5) is 0 Å². The van der Waals surface area contributed by atoms with E-state index in [4.69, 9.17) is 4.74 Å². The quantitative estimate of drug-likeness (QED) is 0.0665. The summed E-state index contributed by atoms with van der Waals surface area (Å²) in [6, 6.07) is 0. The number of ether oxygens (including phenoxy) is 1. The van der Waals surface area contributed by atoms with Crippen molar-refractivity contribution in [2.45, 2.75) is 165 Å². The number of hydrogen-bond acceptors (Lipinski definition) is 4. The number of unbranched alkanes of at least 4 members (excludes halogenated alkanes) is 3. The van der Waals surface area contributed by atoms with Gasteiger partial charge in [0.1, 0.15) is 0 Å². The third-order valence-corrected chi connectivity index (χ3v) is 9.40. The molecule has 0 aliphatic heterocycles. The summed E-state index contributed by atoms with van der Waals surface area (Å²) in [6.45, 7) is 32.3. The molecular formula is C41H85N3O. The van der Waals surface area contributed by atoms with Gasteiger partial charge in [-0.15, -0.1) is 6.58 Å². The van der Waals surface area contributed by atoms with Gasteiger partial charge in [-0.2, -0.15) is 0 Å². The second-order valence-electron chi connectivity index (χ2n) is 12.2. The second kappa shape index (κ2) is 37.4. The first-order chi connectivity index (χ1) is 22.0. The summed E-state index contributed by atoms with van der Waals surface area (Å²) in [5, 5.41) is 6.95. The van der Waals surface area contributed by atoms with E-state index in [9.17, 15) is 0 Å². The minimum Gasteiger partial charge on any atom is -0.391 e. The van der Waals surface area contributed by atoms with Gasteiger partial charge >= 0.3 is 0 Å². The van der Waals surface area contributed by atoms with Crippen LogP contribution in [0, 0.1) is 17.3 Å². The SMILES string of the molecule is C/C=C\CN(CC)CCNCCCCC.C=CC(/C=C/NCCC(CC)OC)C1CCCC(CC)(CCCC)CC1.CC.CC. The molecule has 0 aromatic rings. The molecule has 1 fully saturated rings. The first kappa shape index (κ1) is 48.3. The van der Waals surface area contributed by atoms with Gasteiger partial charge in [-0.05, 0) is 94.8 Å². The van der Waals surface area contributed by atoms with Gasteiger partial charge in [0.25, 0.3) is 0 Å². The van der Waals surface area contributed by atoms with Crippen LogP contribution in [-0.2, 0) is 4.74 Å². The third-order valence-electron chi connectivity index (χ3n) is 9.40. The molecule has 0 heterocycles. The number of likely N-dealkylation sites (N-methyl/N-ethyl adjacent to an activating group) is 1. The van der Waals surface area contributed by atoms with Gasteiger partial charge in [0, 0.05) is 33.3 Å². The van der Waals surface area contributed by atoms with E-state index in [1.165, 1.54) is 83.6 Å². The van der Waals surface area contributed by atoms with E-state index < -0.39 is 0 Å². The number of nitrogens with one attached hydrogen (secondary N) is 2. The lowest BCUT2D eigenvalue weighted by atomic mass is 9.73. The molecule has 1 rings (SSSR count). The minimum absolute atomic E-state index is 0.373. The molecule has 0 aromatic heterocycles. The summed E-state index contributed by atoms with van der Waals surface area (Å²) in [4.78, 5) is 2.45. The number of allylic oxidation sites excluding steroid dienone is 3. The van der Waals surface area contributed by atoms with Gasteiger partial charge in [-0.3, -0.25) is 4.90 Å². The Morgan fingerprint density at radius 3 is 2.20 bits per heavy atom. The zero-order valence-corrected chi connectivity index (χ0v) is 32.8. The molecule has 0 radical (unpaired) electrons. The summed E-state index contributed by atoms with van der Waals surface area (Å²) in [5.41, 5.74) is 0.619. The number of rotatable bonds is 23. The first-order valence-electron chi connectivity index (χ1n) is 19.6. The van der Waals surface area contributed by atoms with Crippen molar-refractivity contribution in [2.24, 2.45) is 17.3 Å². The lowest BCUT2D eigenvalue weighted by Crippen LogP contribution is -2.32. The highest BCUT2D eigenvalue weighted by molar-refractivity contribution is 5.01. The molecular weight excluding hydrogens is 550 g/mol. The average Bonchev–Trinajstić information content (AvgIpc) is 3.31. The molecule has 0 bridgehead atoms. The molecule has 1 aliphatic rings. The van der Waals surface area contributed by atoms with Crippen molar-refractivity contribution in [2.75, 3.05) is 46.4 Å².